The van der Waals surface area contributed by atoms with Crippen LogP contribution in [-0.4, -0.2) is 54.3 Å². The highest BCUT2D eigenvalue weighted by Gasteiger charge is 2.36. The van der Waals surface area contributed by atoms with Gasteiger partial charge in [0, 0.05) is 6.54 Å². The minimum atomic E-state index is -0.916. The molecule has 0 saturated carbocycles. The van der Waals surface area contributed by atoms with Crippen LogP contribution in [0.15, 0.2) is 55.0 Å². The van der Waals surface area contributed by atoms with E-state index >= 15 is 0 Å². The van der Waals surface area contributed by atoms with E-state index in [2.05, 4.69) is 25.5 Å². The topological polar surface area (TPSA) is 158 Å². The lowest BCUT2D eigenvalue weighted by atomic mass is 9.89. The Bertz CT molecular complexity index is 1580. The predicted octanol–water partition coefficient (Wildman–Crippen LogP) is 1.87. The van der Waals surface area contributed by atoms with E-state index in [1.54, 1.807) is 41.0 Å². The normalized spacial score (nSPS) is 15.1. The Morgan fingerprint density at radius 3 is 2.63 bits per heavy atom. The fourth-order valence-electron chi connectivity index (χ4n) is 4.49. The molecule has 4 heterocycles. The number of aliphatic carboxylic acids is 1. The Balaban J connectivity index is 1.22. The van der Waals surface area contributed by atoms with E-state index in [-0.39, 0.29) is 37.1 Å². The molecule has 2 aromatic heterocycles. The number of aromatic nitrogens is 5. The standard InChI is InChI=1S/C26H20N6O6/c33-21(34)9-15-3-1-14(2-4-15)7-17-23(35)22-18(32-12-29-31-25(17)32)11-27-24(30-22)26(36)28-10-16-5-6-19-20(8-16)38-13-37-19/h1-6,8,11-12,17H,7,9-10,13H2,(H,28,36)(H,33,34). The van der Waals surface area contributed by atoms with Crippen molar-refractivity contribution in [3.05, 3.63) is 89.0 Å². The van der Waals surface area contributed by atoms with Gasteiger partial charge in [0.25, 0.3) is 5.91 Å². The second kappa shape index (κ2) is 9.39. The van der Waals surface area contributed by atoms with Gasteiger partial charge in [0.15, 0.2) is 17.3 Å². The zero-order chi connectivity index (χ0) is 26.2. The number of rotatable bonds is 7. The van der Waals surface area contributed by atoms with Crippen molar-refractivity contribution < 1.29 is 29.0 Å². The first-order valence-electron chi connectivity index (χ1n) is 11.7. The van der Waals surface area contributed by atoms with Gasteiger partial charge >= 0.3 is 5.97 Å². The first-order valence-corrected chi connectivity index (χ1v) is 11.7. The summed E-state index contributed by atoms with van der Waals surface area (Å²) in [5.74, 6) is -0.863. The number of hydrogen-bond acceptors (Lipinski definition) is 9. The van der Waals surface area contributed by atoms with Gasteiger partial charge in [-0.25, -0.2) is 9.97 Å². The molecule has 6 rings (SSSR count). The van der Waals surface area contributed by atoms with Crippen LogP contribution in [-0.2, 0) is 24.2 Å². The Morgan fingerprint density at radius 1 is 1.05 bits per heavy atom. The van der Waals surface area contributed by atoms with Crippen LogP contribution < -0.4 is 14.8 Å². The summed E-state index contributed by atoms with van der Waals surface area (Å²) in [6, 6.07) is 12.4. The van der Waals surface area contributed by atoms with Crippen LogP contribution in [0.4, 0.5) is 0 Å². The minimum absolute atomic E-state index is 0.0826. The van der Waals surface area contributed by atoms with Gasteiger partial charge in [-0.05, 0) is 35.2 Å². The number of amides is 1. The van der Waals surface area contributed by atoms with Crippen LogP contribution in [0, 0.1) is 0 Å². The van der Waals surface area contributed by atoms with Gasteiger partial charge < -0.3 is 19.9 Å². The number of carbonyl (C=O) groups is 3. The van der Waals surface area contributed by atoms with E-state index in [9.17, 15) is 14.4 Å². The summed E-state index contributed by atoms with van der Waals surface area (Å²) >= 11 is 0. The molecule has 0 aliphatic carbocycles. The van der Waals surface area contributed by atoms with Crippen molar-refractivity contribution in [1.29, 1.82) is 0 Å². The Morgan fingerprint density at radius 2 is 1.82 bits per heavy atom. The van der Waals surface area contributed by atoms with Crippen molar-refractivity contribution in [3.63, 3.8) is 0 Å². The number of nitrogens with zero attached hydrogens (tertiary/aromatic N) is 5. The molecular formula is C26H20N6O6. The maximum atomic E-state index is 13.6. The lowest BCUT2D eigenvalue weighted by Crippen LogP contribution is -2.30. The molecular weight excluding hydrogens is 492 g/mol. The molecule has 1 unspecified atom stereocenters. The zero-order valence-corrected chi connectivity index (χ0v) is 19.8. The Labute approximate surface area is 215 Å². The number of ketones is 1. The van der Waals surface area contributed by atoms with Crippen molar-refractivity contribution in [2.24, 2.45) is 0 Å². The van der Waals surface area contributed by atoms with E-state index in [1.807, 2.05) is 6.07 Å². The summed E-state index contributed by atoms with van der Waals surface area (Å²) in [5, 5.41) is 19.9. The molecule has 38 heavy (non-hydrogen) atoms. The number of nitrogens with one attached hydrogen (secondary N) is 1. The molecule has 12 heteroatoms. The maximum absolute atomic E-state index is 13.6. The van der Waals surface area contributed by atoms with Crippen LogP contribution >= 0.6 is 0 Å². The molecule has 1 atom stereocenters. The molecule has 2 aliphatic heterocycles. The lowest BCUT2D eigenvalue weighted by Gasteiger charge is -2.23. The molecule has 2 aliphatic rings. The number of benzene rings is 2. The van der Waals surface area contributed by atoms with Crippen molar-refractivity contribution in [2.75, 3.05) is 6.79 Å². The summed E-state index contributed by atoms with van der Waals surface area (Å²) in [7, 11) is 0. The summed E-state index contributed by atoms with van der Waals surface area (Å²) in [4.78, 5) is 45.8. The van der Waals surface area contributed by atoms with Gasteiger partial charge in [0.05, 0.1) is 24.2 Å². The first kappa shape index (κ1) is 23.3. The van der Waals surface area contributed by atoms with Crippen molar-refractivity contribution in [3.8, 4) is 17.2 Å². The predicted molar refractivity (Wildman–Crippen MR) is 129 cm³/mol. The van der Waals surface area contributed by atoms with E-state index in [0.29, 0.717) is 35.0 Å². The van der Waals surface area contributed by atoms with Gasteiger partial charge in [-0.1, -0.05) is 30.3 Å². The third-order valence-corrected chi connectivity index (χ3v) is 6.38. The average Bonchev–Trinajstić information content (AvgIpc) is 3.60. The number of fused-ring (bicyclic) bond motifs is 4. The second-order valence-corrected chi connectivity index (χ2v) is 8.86. The van der Waals surface area contributed by atoms with Crippen LogP contribution in [0.2, 0.25) is 0 Å². The molecule has 2 aromatic carbocycles. The molecule has 0 fully saturated rings. The quantitative estimate of drug-likeness (QED) is 0.374. The highest BCUT2D eigenvalue weighted by Crippen LogP contribution is 2.33. The number of carbonyl (C=O) groups excluding carboxylic acids is 2. The molecule has 2 N–H and O–H groups in total. The van der Waals surface area contributed by atoms with E-state index < -0.39 is 17.8 Å². The fraction of sp³-hybridized carbons (Fsp3) is 0.192. The van der Waals surface area contributed by atoms with Crippen LogP contribution in [0.5, 0.6) is 11.5 Å². The maximum Gasteiger partial charge on any atom is 0.307 e. The monoisotopic (exact) mass is 512 g/mol. The lowest BCUT2D eigenvalue weighted by molar-refractivity contribution is -0.136. The van der Waals surface area contributed by atoms with Crippen LogP contribution in [0.25, 0.3) is 5.69 Å². The van der Waals surface area contributed by atoms with E-state index in [4.69, 9.17) is 14.6 Å². The largest absolute Gasteiger partial charge is 0.481 e. The molecule has 4 aromatic rings. The van der Waals surface area contributed by atoms with Crippen molar-refractivity contribution in [2.45, 2.75) is 25.3 Å². The fourth-order valence-corrected chi connectivity index (χ4v) is 4.49. The van der Waals surface area contributed by atoms with Gasteiger partial charge in [-0.15, -0.1) is 10.2 Å². The molecule has 0 radical (unpaired) electrons. The Kier molecular flexibility index (Phi) is 5.75. The van der Waals surface area contributed by atoms with Crippen LogP contribution in [0.3, 0.4) is 0 Å². The smallest absolute Gasteiger partial charge is 0.307 e. The number of Topliss-reactive ketones (excluding diaryl/α,β-unsaturated/α-hetero) is 1. The summed E-state index contributed by atoms with van der Waals surface area (Å²) < 4.78 is 12.3. The molecule has 0 saturated heterocycles. The number of hydrogen-bond donors (Lipinski definition) is 2. The number of carboxylic acids is 1. The summed E-state index contributed by atoms with van der Waals surface area (Å²) in [6.45, 7) is 0.368. The highest BCUT2D eigenvalue weighted by atomic mass is 16.7. The van der Waals surface area contributed by atoms with E-state index in [1.165, 1.54) is 12.5 Å². The first-order chi connectivity index (χ1) is 18.5. The SMILES string of the molecule is O=C(O)Cc1ccc(CC2C(=O)c3nc(C(=O)NCc4ccc5c(c4)OCO5)ncc3-n3cnnc32)cc1. The number of ether oxygens (including phenoxy) is 2. The van der Waals surface area contributed by atoms with Crippen molar-refractivity contribution in [1.82, 2.24) is 30.0 Å². The van der Waals surface area contributed by atoms with E-state index in [0.717, 1.165) is 11.1 Å². The Hall–Kier alpha value is -5.13. The van der Waals surface area contributed by atoms with Crippen LogP contribution in [0.1, 0.15) is 49.5 Å². The van der Waals surface area contributed by atoms with Crippen molar-refractivity contribution >= 4 is 17.7 Å². The van der Waals surface area contributed by atoms with Gasteiger partial charge in [0.2, 0.25) is 12.6 Å². The molecule has 190 valence electrons. The molecule has 1 amide bonds. The summed E-state index contributed by atoms with van der Waals surface area (Å²) in [6.07, 6.45) is 3.12. The highest BCUT2D eigenvalue weighted by molar-refractivity contribution is 6.04. The van der Waals surface area contributed by atoms with Gasteiger partial charge in [-0.3, -0.25) is 19.0 Å². The molecule has 0 spiro atoms. The summed E-state index contributed by atoms with van der Waals surface area (Å²) in [5.41, 5.74) is 2.80. The minimum Gasteiger partial charge on any atom is -0.481 e. The molecule has 0 bridgehead atoms. The van der Waals surface area contributed by atoms with Gasteiger partial charge in [0.1, 0.15) is 17.8 Å². The van der Waals surface area contributed by atoms with Gasteiger partial charge in [-0.2, -0.15) is 0 Å². The second-order valence-electron chi connectivity index (χ2n) is 8.86. The average molecular weight is 512 g/mol. The molecule has 12 nitrogen and oxygen atoms in total. The third-order valence-electron chi connectivity index (χ3n) is 6.38. The zero-order valence-electron chi connectivity index (χ0n) is 19.8. The third kappa shape index (κ3) is 4.32. The number of carboxylic acid groups (broad SMARTS) is 1.